The molecule has 1 nitrogen and oxygen atoms in total. The zero-order chi connectivity index (χ0) is 27.7. The van der Waals surface area contributed by atoms with Gasteiger partial charge in [0.05, 0.1) is 5.41 Å². The van der Waals surface area contributed by atoms with E-state index in [0.717, 1.165) is 22.6 Å². The summed E-state index contributed by atoms with van der Waals surface area (Å²) in [4.78, 5) is 0. The fourth-order valence-electron chi connectivity index (χ4n) is 7.47. The molecule has 196 valence electrons. The molecule has 0 atom stereocenters. The summed E-state index contributed by atoms with van der Waals surface area (Å²) in [6.07, 6.45) is 0. The fourth-order valence-corrected chi connectivity index (χ4v) is 7.47. The Morgan fingerprint density at radius 1 is 0.405 bits per heavy atom. The normalized spacial score (nSPS) is 13.6. The van der Waals surface area contributed by atoms with E-state index < -0.39 is 5.41 Å². The third-order valence-electron chi connectivity index (χ3n) is 9.15. The summed E-state index contributed by atoms with van der Waals surface area (Å²) in [5.74, 6) is 1.82. The molecule has 0 N–H and O–H groups in total. The molecule has 0 saturated carbocycles. The van der Waals surface area contributed by atoms with Gasteiger partial charge in [0.15, 0.2) is 0 Å². The molecular formula is C41H26O. The first-order valence-electron chi connectivity index (χ1n) is 14.5. The average Bonchev–Trinajstić information content (AvgIpc) is 3.37. The Bertz CT molecular complexity index is 2110. The van der Waals surface area contributed by atoms with Gasteiger partial charge in [-0.25, -0.2) is 0 Å². The number of ether oxygens (including phenoxy) is 1. The maximum atomic E-state index is 6.58. The largest absolute Gasteiger partial charge is 0.456 e. The Morgan fingerprint density at radius 3 is 1.81 bits per heavy atom. The van der Waals surface area contributed by atoms with E-state index in [1.54, 1.807) is 0 Å². The van der Waals surface area contributed by atoms with E-state index in [1.165, 1.54) is 55.3 Å². The van der Waals surface area contributed by atoms with Crippen LogP contribution in [0.5, 0.6) is 11.5 Å². The molecule has 1 heterocycles. The van der Waals surface area contributed by atoms with Gasteiger partial charge in [0.2, 0.25) is 0 Å². The average molecular weight is 535 g/mol. The molecule has 42 heavy (non-hydrogen) atoms. The third-order valence-corrected chi connectivity index (χ3v) is 9.15. The first-order chi connectivity index (χ1) is 20.8. The van der Waals surface area contributed by atoms with Gasteiger partial charge in [0.1, 0.15) is 11.5 Å². The van der Waals surface area contributed by atoms with Crippen molar-refractivity contribution in [3.63, 3.8) is 0 Å². The minimum atomic E-state index is -0.413. The van der Waals surface area contributed by atoms with Crippen molar-refractivity contribution >= 4 is 10.8 Å². The van der Waals surface area contributed by atoms with Gasteiger partial charge in [0.25, 0.3) is 0 Å². The predicted octanol–water partition coefficient (Wildman–Crippen LogP) is 10.6. The lowest BCUT2D eigenvalue weighted by Gasteiger charge is -2.34. The maximum absolute atomic E-state index is 6.58. The molecular weight excluding hydrogens is 508 g/mol. The number of fused-ring (bicyclic) bond motifs is 5. The van der Waals surface area contributed by atoms with Crippen LogP contribution in [0.2, 0.25) is 0 Å². The minimum absolute atomic E-state index is 0.413. The third kappa shape index (κ3) is 3.08. The van der Waals surface area contributed by atoms with Crippen LogP contribution >= 0.6 is 0 Å². The van der Waals surface area contributed by atoms with E-state index in [-0.39, 0.29) is 0 Å². The molecule has 7 aromatic carbocycles. The van der Waals surface area contributed by atoms with Crippen molar-refractivity contribution in [2.75, 3.05) is 0 Å². The van der Waals surface area contributed by atoms with Crippen molar-refractivity contribution in [3.8, 4) is 44.9 Å². The van der Waals surface area contributed by atoms with E-state index >= 15 is 0 Å². The molecule has 0 bridgehead atoms. The highest BCUT2D eigenvalue weighted by atomic mass is 16.5. The van der Waals surface area contributed by atoms with Crippen molar-refractivity contribution in [2.45, 2.75) is 5.41 Å². The monoisotopic (exact) mass is 534 g/mol. The van der Waals surface area contributed by atoms with Gasteiger partial charge < -0.3 is 4.74 Å². The van der Waals surface area contributed by atoms with Crippen molar-refractivity contribution in [2.24, 2.45) is 0 Å². The van der Waals surface area contributed by atoms with Crippen molar-refractivity contribution in [1.29, 1.82) is 0 Å². The van der Waals surface area contributed by atoms with Crippen molar-refractivity contribution in [3.05, 3.63) is 180 Å². The summed E-state index contributed by atoms with van der Waals surface area (Å²) in [5, 5.41) is 2.39. The molecule has 9 rings (SSSR count). The second-order valence-corrected chi connectivity index (χ2v) is 11.2. The second-order valence-electron chi connectivity index (χ2n) is 11.2. The first-order valence-corrected chi connectivity index (χ1v) is 14.5. The summed E-state index contributed by atoms with van der Waals surface area (Å²) >= 11 is 0. The number of hydrogen-bond donors (Lipinski definition) is 0. The lowest BCUT2D eigenvalue weighted by Crippen LogP contribution is -2.28. The van der Waals surface area contributed by atoms with E-state index in [9.17, 15) is 0 Å². The first kappa shape index (κ1) is 23.3. The fraction of sp³-hybridized carbons (Fsp3) is 0.0244. The lowest BCUT2D eigenvalue weighted by atomic mass is 9.67. The van der Waals surface area contributed by atoms with Crippen LogP contribution in [0.4, 0.5) is 0 Å². The van der Waals surface area contributed by atoms with E-state index in [1.807, 2.05) is 0 Å². The molecule has 1 aliphatic carbocycles. The Morgan fingerprint density at radius 2 is 1.02 bits per heavy atom. The number of rotatable bonds is 3. The van der Waals surface area contributed by atoms with E-state index in [4.69, 9.17) is 4.74 Å². The van der Waals surface area contributed by atoms with Gasteiger partial charge in [-0.15, -0.1) is 0 Å². The summed E-state index contributed by atoms with van der Waals surface area (Å²) in [7, 11) is 0. The molecule has 0 fully saturated rings. The standard InChI is InChI=1S/C41H26O/c1-3-14-29(15-4-1)41(30-16-5-2-6-17-30)35-21-8-7-18-34(35)40-31(19-11-22-36(40)41)28-24-25-32-33-20-9-12-27-13-10-23-37(39(27)33)42-38(32)26-28/h1-26H. The molecule has 0 spiro atoms. The van der Waals surface area contributed by atoms with Gasteiger partial charge >= 0.3 is 0 Å². The van der Waals surface area contributed by atoms with Gasteiger partial charge in [-0.1, -0.05) is 140 Å². The molecule has 1 aliphatic heterocycles. The van der Waals surface area contributed by atoms with Crippen molar-refractivity contribution < 1.29 is 4.74 Å². The van der Waals surface area contributed by atoms with Crippen LogP contribution in [0, 0.1) is 0 Å². The molecule has 1 heteroatoms. The minimum Gasteiger partial charge on any atom is -0.456 e. The SMILES string of the molecule is c1ccc(C2(c3ccccc3)c3ccccc3-c3c(-c4ccc5c(c4)Oc4cccc6cccc-5c46)cccc32)cc1. The lowest BCUT2D eigenvalue weighted by molar-refractivity contribution is 0.487. The smallest absolute Gasteiger partial charge is 0.135 e. The zero-order valence-electron chi connectivity index (χ0n) is 22.9. The number of benzene rings is 7. The van der Waals surface area contributed by atoms with Crippen LogP contribution in [0.25, 0.3) is 44.2 Å². The van der Waals surface area contributed by atoms with Crippen LogP contribution in [0.1, 0.15) is 22.3 Å². The van der Waals surface area contributed by atoms with Gasteiger partial charge in [0, 0.05) is 10.9 Å². The molecule has 0 saturated heterocycles. The molecule has 0 unspecified atom stereocenters. The van der Waals surface area contributed by atoms with Gasteiger partial charge in [-0.3, -0.25) is 0 Å². The predicted molar refractivity (Wildman–Crippen MR) is 172 cm³/mol. The Labute approximate surface area is 245 Å². The quantitative estimate of drug-likeness (QED) is 0.219. The molecule has 0 radical (unpaired) electrons. The van der Waals surface area contributed by atoms with E-state index in [0.29, 0.717) is 0 Å². The molecule has 7 aromatic rings. The number of hydrogen-bond acceptors (Lipinski definition) is 1. The van der Waals surface area contributed by atoms with Crippen LogP contribution in [0.3, 0.4) is 0 Å². The summed E-state index contributed by atoms with van der Waals surface area (Å²) in [5.41, 5.74) is 12.1. The summed E-state index contributed by atoms with van der Waals surface area (Å²) < 4.78 is 6.58. The maximum Gasteiger partial charge on any atom is 0.135 e. The van der Waals surface area contributed by atoms with Crippen LogP contribution in [-0.4, -0.2) is 0 Å². The highest BCUT2D eigenvalue weighted by Crippen LogP contribution is 2.58. The molecule has 0 aromatic heterocycles. The highest BCUT2D eigenvalue weighted by molar-refractivity contribution is 6.05. The van der Waals surface area contributed by atoms with Crippen LogP contribution < -0.4 is 4.74 Å². The Kier molecular flexibility index (Phi) is 4.88. The van der Waals surface area contributed by atoms with E-state index in [2.05, 4.69) is 158 Å². The Balaban J connectivity index is 1.31. The molecule has 2 aliphatic rings. The Hall–Kier alpha value is -5.40. The van der Waals surface area contributed by atoms with Gasteiger partial charge in [-0.05, 0) is 73.7 Å². The highest BCUT2D eigenvalue weighted by Gasteiger charge is 2.46. The summed E-state index contributed by atoms with van der Waals surface area (Å²) in [6.45, 7) is 0. The summed E-state index contributed by atoms with van der Waals surface area (Å²) in [6, 6.07) is 57.2. The van der Waals surface area contributed by atoms with Crippen LogP contribution in [-0.2, 0) is 5.41 Å². The van der Waals surface area contributed by atoms with Gasteiger partial charge in [-0.2, -0.15) is 0 Å². The van der Waals surface area contributed by atoms with Crippen molar-refractivity contribution in [1.82, 2.24) is 0 Å². The molecule has 0 amide bonds. The second kappa shape index (κ2) is 8.80. The zero-order valence-corrected chi connectivity index (χ0v) is 22.9. The topological polar surface area (TPSA) is 9.23 Å². The van der Waals surface area contributed by atoms with Crippen LogP contribution in [0.15, 0.2) is 158 Å².